The third kappa shape index (κ3) is 5.68. The Morgan fingerprint density at radius 3 is 2.24 bits per heavy atom. The van der Waals surface area contributed by atoms with Gasteiger partial charge in [-0.1, -0.05) is 19.3 Å². The molecule has 1 fully saturated rings. The minimum absolute atomic E-state index is 0.244. The zero-order valence-electron chi connectivity index (χ0n) is 10.6. The van der Waals surface area contributed by atoms with Gasteiger partial charge in [0.05, 0.1) is 6.04 Å². The lowest BCUT2D eigenvalue weighted by molar-refractivity contribution is -0.708. The Morgan fingerprint density at radius 1 is 1.18 bits per heavy atom. The third-order valence-electron chi connectivity index (χ3n) is 3.37. The number of primary amides is 1. The van der Waals surface area contributed by atoms with Gasteiger partial charge in [-0.2, -0.15) is 0 Å². The average molecular weight is 242 g/mol. The fourth-order valence-corrected chi connectivity index (χ4v) is 2.41. The Morgan fingerprint density at radius 2 is 1.71 bits per heavy atom. The predicted octanol–water partition coefficient (Wildman–Crippen LogP) is 0.246. The monoisotopic (exact) mass is 242 g/mol. The Balaban J connectivity index is 2.34. The van der Waals surface area contributed by atoms with Crippen molar-refractivity contribution >= 4 is 11.9 Å². The number of nitrogens with two attached hydrogens (primary N) is 2. The second-order valence-electron chi connectivity index (χ2n) is 4.94. The summed E-state index contributed by atoms with van der Waals surface area (Å²) in [4.78, 5) is 22.1. The van der Waals surface area contributed by atoms with Crippen LogP contribution in [0.15, 0.2) is 0 Å². The maximum Gasteiger partial charge on any atom is 0.319 e. The maximum absolute atomic E-state index is 11.5. The first-order chi connectivity index (χ1) is 8.09. The average Bonchev–Trinajstić information content (AvgIpc) is 2.20. The van der Waals surface area contributed by atoms with E-state index >= 15 is 0 Å². The van der Waals surface area contributed by atoms with Crippen LogP contribution in [0.1, 0.15) is 51.9 Å². The van der Waals surface area contributed by atoms with Crippen molar-refractivity contribution in [1.82, 2.24) is 5.32 Å². The summed E-state index contributed by atoms with van der Waals surface area (Å²) in [6.45, 7) is 1.82. The van der Waals surface area contributed by atoms with Crippen molar-refractivity contribution in [3.63, 3.8) is 0 Å². The zero-order valence-corrected chi connectivity index (χ0v) is 10.6. The highest BCUT2D eigenvalue weighted by molar-refractivity contribution is 5.95. The molecule has 5 N–H and O–H groups in total. The lowest BCUT2D eigenvalue weighted by atomic mass is 9.96. The highest BCUT2D eigenvalue weighted by atomic mass is 16.2. The van der Waals surface area contributed by atoms with E-state index in [1.54, 1.807) is 0 Å². The summed E-state index contributed by atoms with van der Waals surface area (Å²) in [7, 11) is 0. The zero-order chi connectivity index (χ0) is 12.7. The number of amides is 3. The molecule has 5 nitrogen and oxygen atoms in total. The summed E-state index contributed by atoms with van der Waals surface area (Å²) in [6, 6.07) is -0.510. The SMILES string of the molecule is C[C@@H]([NH2+]C1CCCCCCC1)C(=O)NC(N)=O. The summed E-state index contributed by atoms with van der Waals surface area (Å²) < 4.78 is 0. The van der Waals surface area contributed by atoms with E-state index in [0.29, 0.717) is 6.04 Å². The molecule has 98 valence electrons. The molecule has 0 unspecified atom stereocenters. The van der Waals surface area contributed by atoms with Crippen LogP contribution in [-0.4, -0.2) is 24.0 Å². The van der Waals surface area contributed by atoms with Gasteiger partial charge in [-0.3, -0.25) is 10.1 Å². The van der Waals surface area contributed by atoms with Crippen LogP contribution >= 0.6 is 0 Å². The number of urea groups is 1. The number of rotatable bonds is 3. The second kappa shape index (κ2) is 7.27. The van der Waals surface area contributed by atoms with Gasteiger partial charge in [-0.05, 0) is 32.6 Å². The molecule has 17 heavy (non-hydrogen) atoms. The van der Waals surface area contributed by atoms with Crippen molar-refractivity contribution in [2.75, 3.05) is 0 Å². The number of hydrogen-bond donors (Lipinski definition) is 3. The largest absolute Gasteiger partial charge is 0.351 e. The van der Waals surface area contributed by atoms with Gasteiger partial charge in [-0.15, -0.1) is 0 Å². The Kier molecular flexibility index (Phi) is 5.97. The van der Waals surface area contributed by atoms with Crippen LogP contribution in [-0.2, 0) is 4.79 Å². The summed E-state index contributed by atoms with van der Waals surface area (Å²) in [5.41, 5.74) is 4.93. The van der Waals surface area contributed by atoms with Crippen LogP contribution in [0.3, 0.4) is 0 Å². The van der Waals surface area contributed by atoms with Gasteiger partial charge in [0.2, 0.25) is 0 Å². The van der Waals surface area contributed by atoms with Gasteiger partial charge in [0.15, 0.2) is 6.04 Å². The fourth-order valence-electron chi connectivity index (χ4n) is 2.41. The molecule has 5 heteroatoms. The Bertz CT molecular complexity index is 260. The summed E-state index contributed by atoms with van der Waals surface area (Å²) in [6.07, 6.45) is 8.74. The van der Waals surface area contributed by atoms with Crippen LogP contribution in [0.4, 0.5) is 4.79 Å². The first-order valence-corrected chi connectivity index (χ1v) is 6.55. The Labute approximate surface area is 103 Å². The molecule has 1 saturated carbocycles. The molecule has 1 aliphatic rings. The van der Waals surface area contributed by atoms with E-state index in [1.807, 2.05) is 6.92 Å². The van der Waals surface area contributed by atoms with E-state index in [9.17, 15) is 9.59 Å². The number of carbonyl (C=O) groups excluding carboxylic acids is 2. The van der Waals surface area contributed by atoms with Crippen molar-refractivity contribution in [2.45, 2.75) is 64.0 Å². The van der Waals surface area contributed by atoms with Crippen LogP contribution in [0.5, 0.6) is 0 Å². The van der Waals surface area contributed by atoms with Gasteiger partial charge in [0.1, 0.15) is 0 Å². The molecule has 1 rings (SSSR count). The van der Waals surface area contributed by atoms with Crippen LogP contribution in [0.2, 0.25) is 0 Å². The lowest BCUT2D eigenvalue weighted by Crippen LogP contribution is -2.96. The summed E-state index contributed by atoms with van der Waals surface area (Å²) in [5, 5.41) is 4.20. The number of hydrogen-bond acceptors (Lipinski definition) is 2. The van der Waals surface area contributed by atoms with Crippen LogP contribution in [0, 0.1) is 0 Å². The summed E-state index contributed by atoms with van der Waals surface area (Å²) >= 11 is 0. The van der Waals surface area contributed by atoms with E-state index in [1.165, 1.54) is 32.1 Å². The smallest absolute Gasteiger partial charge is 0.319 e. The van der Waals surface area contributed by atoms with Crippen LogP contribution < -0.4 is 16.4 Å². The van der Waals surface area contributed by atoms with Crippen molar-refractivity contribution in [1.29, 1.82) is 0 Å². The normalized spacial score (nSPS) is 20.1. The molecule has 0 aromatic carbocycles. The van der Waals surface area contributed by atoms with Gasteiger partial charge in [-0.25, -0.2) is 4.79 Å². The van der Waals surface area contributed by atoms with Gasteiger partial charge >= 0.3 is 6.03 Å². The number of quaternary nitrogens is 1. The number of carbonyl (C=O) groups is 2. The molecule has 0 bridgehead atoms. The predicted molar refractivity (Wildman–Crippen MR) is 65.2 cm³/mol. The second-order valence-corrected chi connectivity index (χ2v) is 4.94. The van der Waals surface area contributed by atoms with Crippen LogP contribution in [0.25, 0.3) is 0 Å². The molecule has 0 radical (unpaired) electrons. The molecule has 0 saturated heterocycles. The third-order valence-corrected chi connectivity index (χ3v) is 3.37. The molecule has 0 heterocycles. The lowest BCUT2D eigenvalue weighted by Gasteiger charge is -2.21. The van der Waals surface area contributed by atoms with Crippen molar-refractivity contribution in [3.05, 3.63) is 0 Å². The van der Waals surface area contributed by atoms with E-state index in [4.69, 9.17) is 5.73 Å². The van der Waals surface area contributed by atoms with E-state index in [2.05, 4.69) is 10.6 Å². The molecule has 0 aromatic heterocycles. The molecule has 1 atom stereocenters. The van der Waals surface area contributed by atoms with Gasteiger partial charge in [0.25, 0.3) is 5.91 Å². The van der Waals surface area contributed by atoms with E-state index in [0.717, 1.165) is 12.8 Å². The van der Waals surface area contributed by atoms with Gasteiger partial charge < -0.3 is 11.1 Å². The minimum atomic E-state index is -0.770. The van der Waals surface area contributed by atoms with Crippen molar-refractivity contribution < 1.29 is 14.9 Å². The number of nitrogens with one attached hydrogen (secondary N) is 1. The standard InChI is InChI=1S/C12H23N3O2/c1-9(11(16)15-12(13)17)14-10-7-5-3-2-4-6-8-10/h9-10,14H,2-8H2,1H3,(H3,13,15,16,17)/p+1/t9-/m1/s1. The highest BCUT2D eigenvalue weighted by Crippen LogP contribution is 2.15. The fraction of sp³-hybridized carbons (Fsp3) is 0.833. The van der Waals surface area contributed by atoms with E-state index in [-0.39, 0.29) is 11.9 Å². The highest BCUT2D eigenvalue weighted by Gasteiger charge is 2.22. The Hall–Kier alpha value is -1.10. The number of imide groups is 1. The molecule has 0 aliphatic heterocycles. The minimum Gasteiger partial charge on any atom is -0.351 e. The van der Waals surface area contributed by atoms with E-state index < -0.39 is 6.03 Å². The quantitative estimate of drug-likeness (QED) is 0.662. The van der Waals surface area contributed by atoms with Crippen molar-refractivity contribution in [2.24, 2.45) is 5.73 Å². The van der Waals surface area contributed by atoms with Gasteiger partial charge in [0, 0.05) is 0 Å². The van der Waals surface area contributed by atoms with Crippen molar-refractivity contribution in [3.8, 4) is 0 Å². The molecule has 0 spiro atoms. The molecule has 3 amide bonds. The first-order valence-electron chi connectivity index (χ1n) is 6.55. The molecular weight excluding hydrogens is 218 g/mol. The molecule has 0 aromatic rings. The topological polar surface area (TPSA) is 88.8 Å². The first kappa shape index (κ1) is 14.0. The molecular formula is C12H24N3O2+. The molecule has 1 aliphatic carbocycles. The maximum atomic E-state index is 11.5. The summed E-state index contributed by atoms with van der Waals surface area (Å²) in [5.74, 6) is -0.292.